The van der Waals surface area contributed by atoms with E-state index >= 15 is 0 Å². The third kappa shape index (κ3) is 3.01. The first-order valence-electron chi connectivity index (χ1n) is 8.00. The number of piperazine rings is 1. The average molecular weight is 324 g/mol. The zero-order valence-corrected chi connectivity index (χ0v) is 13.9. The summed E-state index contributed by atoms with van der Waals surface area (Å²) in [4.78, 5) is 25.5. The van der Waals surface area contributed by atoms with Crippen molar-refractivity contribution in [3.05, 3.63) is 47.8 Å². The number of amides is 1. The highest BCUT2D eigenvalue weighted by molar-refractivity contribution is 5.92. The van der Waals surface area contributed by atoms with Crippen molar-refractivity contribution in [2.75, 3.05) is 26.2 Å². The van der Waals surface area contributed by atoms with E-state index in [2.05, 4.69) is 21.8 Å². The number of imidazole rings is 1. The summed E-state index contributed by atoms with van der Waals surface area (Å²) < 4.78 is 2.00. The molecule has 0 spiro atoms. The lowest BCUT2D eigenvalue weighted by Crippen LogP contribution is -2.51. The van der Waals surface area contributed by atoms with Crippen LogP contribution in [0.1, 0.15) is 34.8 Å². The van der Waals surface area contributed by atoms with Crippen LogP contribution in [-0.2, 0) is 7.05 Å². The van der Waals surface area contributed by atoms with Crippen molar-refractivity contribution in [1.82, 2.24) is 24.3 Å². The number of rotatable bonds is 3. The average Bonchev–Trinajstić information content (AvgIpc) is 3.06. The number of likely N-dealkylation sites (N-methyl/N-ethyl adjacent to an activating group) is 1. The van der Waals surface area contributed by atoms with Gasteiger partial charge in [-0.2, -0.15) is 5.26 Å². The van der Waals surface area contributed by atoms with E-state index in [1.165, 1.54) is 6.20 Å². The van der Waals surface area contributed by atoms with Crippen LogP contribution in [-0.4, -0.2) is 56.4 Å². The number of carbonyl (C=O) groups is 1. The van der Waals surface area contributed by atoms with Gasteiger partial charge in [-0.3, -0.25) is 9.69 Å². The van der Waals surface area contributed by atoms with E-state index in [1.54, 1.807) is 18.3 Å². The van der Waals surface area contributed by atoms with E-state index in [0.29, 0.717) is 24.3 Å². The summed E-state index contributed by atoms with van der Waals surface area (Å²) in [5, 5.41) is 8.84. The van der Waals surface area contributed by atoms with E-state index in [1.807, 2.05) is 28.8 Å². The van der Waals surface area contributed by atoms with E-state index in [-0.39, 0.29) is 11.9 Å². The Balaban J connectivity index is 1.80. The van der Waals surface area contributed by atoms with Gasteiger partial charge in [-0.25, -0.2) is 9.97 Å². The number of pyridine rings is 1. The molecule has 0 N–H and O–H groups in total. The summed E-state index contributed by atoms with van der Waals surface area (Å²) in [6.45, 7) is 5.08. The monoisotopic (exact) mass is 324 g/mol. The lowest BCUT2D eigenvalue weighted by Gasteiger charge is -2.40. The molecule has 1 atom stereocenters. The van der Waals surface area contributed by atoms with E-state index < -0.39 is 0 Å². The normalized spacial score (nSPS) is 18.4. The minimum Gasteiger partial charge on any atom is -0.337 e. The fourth-order valence-corrected chi connectivity index (χ4v) is 3.08. The molecular formula is C17H20N6O. The molecule has 0 radical (unpaired) electrons. The summed E-state index contributed by atoms with van der Waals surface area (Å²) in [6, 6.07) is 5.33. The van der Waals surface area contributed by atoms with Crippen LogP contribution < -0.4 is 0 Å². The molecule has 1 saturated heterocycles. The maximum Gasteiger partial charge on any atom is 0.272 e. The van der Waals surface area contributed by atoms with Crippen molar-refractivity contribution in [2.24, 2.45) is 7.05 Å². The number of hydrogen-bond acceptors (Lipinski definition) is 5. The molecule has 7 nitrogen and oxygen atoms in total. The van der Waals surface area contributed by atoms with E-state index in [4.69, 9.17) is 5.26 Å². The predicted molar refractivity (Wildman–Crippen MR) is 88.1 cm³/mol. The van der Waals surface area contributed by atoms with Crippen LogP contribution in [0, 0.1) is 11.3 Å². The highest BCUT2D eigenvalue weighted by atomic mass is 16.2. The number of nitriles is 1. The SMILES string of the molecule is CCN1CCN(C(=O)c2ccc(C#N)cn2)C[C@H]1c1nccn1C. The highest BCUT2D eigenvalue weighted by Crippen LogP contribution is 2.24. The van der Waals surface area contributed by atoms with Gasteiger partial charge in [0, 0.05) is 45.3 Å². The summed E-state index contributed by atoms with van der Waals surface area (Å²) in [5.74, 6) is 0.858. The molecule has 24 heavy (non-hydrogen) atoms. The summed E-state index contributed by atoms with van der Waals surface area (Å²) >= 11 is 0. The standard InChI is InChI=1S/C17H20N6O/c1-3-22-8-9-23(12-15(22)16-19-6-7-21(16)2)17(24)14-5-4-13(10-18)11-20-14/h4-7,11,15H,3,8-9,12H2,1-2H3/t15-/m0/s1. The lowest BCUT2D eigenvalue weighted by atomic mass is 10.1. The van der Waals surface area contributed by atoms with Gasteiger partial charge in [0.15, 0.2) is 0 Å². The molecule has 3 rings (SSSR count). The highest BCUT2D eigenvalue weighted by Gasteiger charge is 2.32. The third-order valence-corrected chi connectivity index (χ3v) is 4.45. The minimum atomic E-state index is -0.102. The van der Waals surface area contributed by atoms with Gasteiger partial charge in [-0.05, 0) is 18.7 Å². The van der Waals surface area contributed by atoms with Gasteiger partial charge in [0.05, 0.1) is 11.6 Å². The Morgan fingerprint density at radius 3 is 2.79 bits per heavy atom. The van der Waals surface area contributed by atoms with Gasteiger partial charge >= 0.3 is 0 Å². The number of hydrogen-bond donors (Lipinski definition) is 0. The fourth-order valence-electron chi connectivity index (χ4n) is 3.08. The molecule has 1 aliphatic heterocycles. The number of carbonyl (C=O) groups excluding carboxylic acids is 1. The van der Waals surface area contributed by atoms with Crippen LogP contribution >= 0.6 is 0 Å². The fraction of sp³-hybridized carbons (Fsp3) is 0.412. The first kappa shape index (κ1) is 16.1. The second-order valence-electron chi connectivity index (χ2n) is 5.84. The smallest absolute Gasteiger partial charge is 0.272 e. The molecule has 0 bridgehead atoms. The maximum absolute atomic E-state index is 12.7. The molecule has 0 aromatic carbocycles. The lowest BCUT2D eigenvalue weighted by molar-refractivity contribution is 0.0468. The first-order valence-corrected chi connectivity index (χ1v) is 8.00. The zero-order valence-electron chi connectivity index (χ0n) is 13.9. The van der Waals surface area contributed by atoms with Gasteiger partial charge in [0.2, 0.25) is 0 Å². The Kier molecular flexibility index (Phi) is 4.58. The minimum absolute atomic E-state index is 0.0751. The van der Waals surface area contributed by atoms with E-state index in [9.17, 15) is 4.79 Å². The number of aromatic nitrogens is 3. The topological polar surface area (TPSA) is 78.1 Å². The van der Waals surface area contributed by atoms with Crippen LogP contribution in [0.3, 0.4) is 0 Å². The van der Waals surface area contributed by atoms with Crippen LogP contribution in [0.25, 0.3) is 0 Å². The van der Waals surface area contributed by atoms with Crippen molar-refractivity contribution < 1.29 is 4.79 Å². The quantitative estimate of drug-likeness (QED) is 0.848. The van der Waals surface area contributed by atoms with Crippen LogP contribution in [0.15, 0.2) is 30.7 Å². The predicted octanol–water partition coefficient (Wildman–Crippen LogP) is 1.21. The number of nitrogens with zero attached hydrogens (tertiary/aromatic N) is 6. The van der Waals surface area contributed by atoms with Crippen molar-refractivity contribution in [1.29, 1.82) is 5.26 Å². The van der Waals surface area contributed by atoms with Gasteiger partial charge in [-0.15, -0.1) is 0 Å². The molecule has 1 fully saturated rings. The van der Waals surface area contributed by atoms with Gasteiger partial charge in [0.25, 0.3) is 5.91 Å². The Hall–Kier alpha value is -2.72. The zero-order chi connectivity index (χ0) is 17.1. The Bertz CT molecular complexity index is 760. The molecule has 7 heteroatoms. The Morgan fingerprint density at radius 2 is 2.21 bits per heavy atom. The van der Waals surface area contributed by atoms with Gasteiger partial charge in [-0.1, -0.05) is 6.92 Å². The molecule has 2 aromatic rings. The second-order valence-corrected chi connectivity index (χ2v) is 5.84. The molecular weight excluding hydrogens is 304 g/mol. The largest absolute Gasteiger partial charge is 0.337 e. The van der Waals surface area contributed by atoms with Crippen molar-refractivity contribution in [2.45, 2.75) is 13.0 Å². The van der Waals surface area contributed by atoms with Crippen molar-refractivity contribution in [3.63, 3.8) is 0 Å². The summed E-state index contributed by atoms with van der Waals surface area (Å²) in [6.07, 6.45) is 5.14. The third-order valence-electron chi connectivity index (χ3n) is 4.45. The first-order chi connectivity index (χ1) is 11.6. The molecule has 0 saturated carbocycles. The maximum atomic E-state index is 12.7. The molecule has 124 valence electrons. The molecule has 1 amide bonds. The van der Waals surface area contributed by atoms with Gasteiger partial charge < -0.3 is 9.47 Å². The van der Waals surface area contributed by atoms with Crippen LogP contribution in [0.4, 0.5) is 0 Å². The Morgan fingerprint density at radius 1 is 1.38 bits per heavy atom. The number of aryl methyl sites for hydroxylation is 1. The van der Waals surface area contributed by atoms with Crippen molar-refractivity contribution in [3.8, 4) is 6.07 Å². The van der Waals surface area contributed by atoms with Gasteiger partial charge in [0.1, 0.15) is 17.6 Å². The summed E-state index contributed by atoms with van der Waals surface area (Å²) in [5.41, 5.74) is 0.825. The molecule has 2 aromatic heterocycles. The molecule has 3 heterocycles. The second kappa shape index (κ2) is 6.81. The molecule has 1 aliphatic rings. The van der Waals surface area contributed by atoms with E-state index in [0.717, 1.165) is 18.9 Å². The molecule has 0 unspecified atom stereocenters. The summed E-state index contributed by atoms with van der Waals surface area (Å²) in [7, 11) is 1.97. The Labute approximate surface area is 141 Å². The van der Waals surface area contributed by atoms with Crippen LogP contribution in [0.2, 0.25) is 0 Å². The van der Waals surface area contributed by atoms with Crippen LogP contribution in [0.5, 0.6) is 0 Å². The molecule has 0 aliphatic carbocycles. The van der Waals surface area contributed by atoms with Crippen molar-refractivity contribution >= 4 is 5.91 Å².